The van der Waals surface area contributed by atoms with Crippen LogP contribution in [0.15, 0.2) is 18.2 Å². The third kappa shape index (κ3) is 3.40. The van der Waals surface area contributed by atoms with Crippen molar-refractivity contribution in [2.45, 2.75) is 6.04 Å². The summed E-state index contributed by atoms with van der Waals surface area (Å²) in [4.78, 5) is 32.4. The second-order valence-corrected chi connectivity index (χ2v) is 3.66. The van der Waals surface area contributed by atoms with Gasteiger partial charge in [-0.3, -0.25) is 14.9 Å². The van der Waals surface area contributed by atoms with Crippen LogP contribution in [0.1, 0.15) is 10.4 Å². The molecule has 20 heavy (non-hydrogen) atoms. The number of hydrogen-bond acceptors (Lipinski definition) is 5. The number of carbonyl (C=O) groups is 2. The molecular formula is C11H11FN2O6. The van der Waals surface area contributed by atoms with Gasteiger partial charge in [0.1, 0.15) is 12.4 Å². The molecule has 1 unspecified atom stereocenters. The number of carbonyl (C=O) groups excluding carboxylic acids is 1. The number of carboxylic acid groups (broad SMARTS) is 1. The van der Waals surface area contributed by atoms with Crippen molar-refractivity contribution in [3.05, 3.63) is 33.9 Å². The average Bonchev–Trinajstić information content (AvgIpc) is 2.43. The second-order valence-electron chi connectivity index (χ2n) is 3.66. The molecule has 108 valence electrons. The number of nitrogens with zero attached hydrogens (tertiary/aromatic N) is 1. The first-order chi connectivity index (χ1) is 9.40. The van der Waals surface area contributed by atoms with Crippen LogP contribution in [0.4, 0.5) is 10.1 Å². The maximum Gasteiger partial charge on any atom is 0.328 e. The zero-order chi connectivity index (χ0) is 15.3. The second kappa shape index (κ2) is 6.45. The first kappa shape index (κ1) is 15.3. The summed E-state index contributed by atoms with van der Waals surface area (Å²) in [6, 6.07) is 1.51. The Balaban J connectivity index is 3.09. The summed E-state index contributed by atoms with van der Waals surface area (Å²) in [6.45, 7) is -1.31. The summed E-state index contributed by atoms with van der Waals surface area (Å²) in [6.07, 6.45) is 0. The molecule has 0 fully saturated rings. The Kier molecular flexibility index (Phi) is 4.95. The molecule has 9 heteroatoms. The number of nitrogens with one attached hydrogen (secondary N) is 1. The molecule has 1 aromatic carbocycles. The number of ether oxygens (including phenoxy) is 1. The Hall–Kier alpha value is -2.71. The van der Waals surface area contributed by atoms with Gasteiger partial charge < -0.3 is 15.2 Å². The number of alkyl halides is 1. The number of carboxylic acids is 1. The van der Waals surface area contributed by atoms with E-state index in [0.29, 0.717) is 0 Å². The van der Waals surface area contributed by atoms with Crippen LogP contribution in [0.25, 0.3) is 0 Å². The van der Waals surface area contributed by atoms with Gasteiger partial charge in [0.2, 0.25) is 0 Å². The van der Waals surface area contributed by atoms with Crippen LogP contribution in [0, 0.1) is 10.1 Å². The number of benzene rings is 1. The molecule has 0 aliphatic heterocycles. The minimum Gasteiger partial charge on any atom is -0.496 e. The smallest absolute Gasteiger partial charge is 0.328 e. The SMILES string of the molecule is COc1ccc([N+](=O)[O-])cc1C(=O)NC(CF)C(=O)O. The molecule has 0 bridgehead atoms. The maximum atomic E-state index is 12.4. The van der Waals surface area contributed by atoms with Gasteiger partial charge in [-0.25, -0.2) is 9.18 Å². The molecule has 0 spiro atoms. The third-order valence-corrected chi connectivity index (χ3v) is 2.40. The highest BCUT2D eigenvalue weighted by molar-refractivity contribution is 5.99. The van der Waals surface area contributed by atoms with Gasteiger partial charge in [-0.15, -0.1) is 0 Å². The number of methoxy groups -OCH3 is 1. The zero-order valence-corrected chi connectivity index (χ0v) is 10.3. The first-order valence-corrected chi connectivity index (χ1v) is 5.32. The largest absolute Gasteiger partial charge is 0.496 e. The summed E-state index contributed by atoms with van der Waals surface area (Å²) in [5, 5.41) is 21.2. The number of nitro groups is 1. The molecule has 0 aliphatic carbocycles. The molecule has 0 aromatic heterocycles. The van der Waals surface area contributed by atoms with Crippen molar-refractivity contribution in [3.8, 4) is 5.75 Å². The van der Waals surface area contributed by atoms with Crippen molar-refractivity contribution < 1.29 is 28.7 Å². The predicted molar refractivity (Wildman–Crippen MR) is 64.5 cm³/mol. The van der Waals surface area contributed by atoms with Crippen LogP contribution in [0.3, 0.4) is 0 Å². The van der Waals surface area contributed by atoms with E-state index in [0.717, 1.165) is 12.1 Å². The van der Waals surface area contributed by atoms with Crippen molar-refractivity contribution in [1.29, 1.82) is 0 Å². The van der Waals surface area contributed by atoms with Gasteiger partial charge >= 0.3 is 5.97 Å². The van der Waals surface area contributed by atoms with Gasteiger partial charge in [0.25, 0.3) is 11.6 Å². The Bertz CT molecular complexity index is 548. The van der Waals surface area contributed by atoms with E-state index in [-0.39, 0.29) is 17.0 Å². The van der Waals surface area contributed by atoms with Crippen LogP contribution in [0.5, 0.6) is 5.75 Å². The van der Waals surface area contributed by atoms with Crippen molar-refractivity contribution in [1.82, 2.24) is 5.32 Å². The van der Waals surface area contributed by atoms with Crippen LogP contribution >= 0.6 is 0 Å². The summed E-state index contributed by atoms with van der Waals surface area (Å²) in [5.41, 5.74) is -0.621. The Labute approximate surface area is 112 Å². The van der Waals surface area contributed by atoms with E-state index in [1.165, 1.54) is 13.2 Å². The normalized spacial score (nSPS) is 11.5. The molecule has 1 amide bonds. The number of non-ortho nitro benzene ring substituents is 1. The Morgan fingerprint density at radius 1 is 1.55 bits per heavy atom. The molecule has 0 heterocycles. The summed E-state index contributed by atoms with van der Waals surface area (Å²) in [5.74, 6) is -2.52. The van der Waals surface area contributed by atoms with Crippen molar-refractivity contribution in [2.75, 3.05) is 13.8 Å². The number of nitro benzene ring substituents is 1. The van der Waals surface area contributed by atoms with E-state index in [2.05, 4.69) is 0 Å². The lowest BCUT2D eigenvalue weighted by atomic mass is 10.1. The van der Waals surface area contributed by atoms with E-state index in [9.17, 15) is 24.1 Å². The zero-order valence-electron chi connectivity index (χ0n) is 10.3. The molecule has 0 aliphatic rings. The fraction of sp³-hybridized carbons (Fsp3) is 0.273. The fourth-order valence-corrected chi connectivity index (χ4v) is 1.39. The number of halogens is 1. The molecule has 8 nitrogen and oxygen atoms in total. The number of aliphatic carboxylic acids is 1. The monoisotopic (exact) mass is 286 g/mol. The van der Waals surface area contributed by atoms with Crippen LogP contribution in [0.2, 0.25) is 0 Å². The summed E-state index contributed by atoms with van der Waals surface area (Å²) >= 11 is 0. The van der Waals surface area contributed by atoms with Gasteiger partial charge in [-0.05, 0) is 6.07 Å². The van der Waals surface area contributed by atoms with Crippen LogP contribution in [-0.4, -0.2) is 41.7 Å². The predicted octanol–water partition coefficient (Wildman–Crippen LogP) is 0.756. The van der Waals surface area contributed by atoms with Gasteiger partial charge in [0, 0.05) is 12.1 Å². The molecule has 1 rings (SSSR count). The Morgan fingerprint density at radius 3 is 2.65 bits per heavy atom. The third-order valence-electron chi connectivity index (χ3n) is 2.40. The molecular weight excluding hydrogens is 275 g/mol. The molecule has 0 saturated carbocycles. The average molecular weight is 286 g/mol. The van der Waals surface area contributed by atoms with E-state index in [1.54, 1.807) is 0 Å². The lowest BCUT2D eigenvalue weighted by Gasteiger charge is -2.12. The molecule has 2 N–H and O–H groups in total. The quantitative estimate of drug-likeness (QED) is 0.588. The number of rotatable bonds is 6. The van der Waals surface area contributed by atoms with Crippen molar-refractivity contribution in [2.24, 2.45) is 0 Å². The van der Waals surface area contributed by atoms with Gasteiger partial charge in [-0.1, -0.05) is 0 Å². The van der Waals surface area contributed by atoms with Crippen LogP contribution in [-0.2, 0) is 4.79 Å². The molecule has 1 aromatic rings. The summed E-state index contributed by atoms with van der Waals surface area (Å²) < 4.78 is 17.3. The molecule has 1 atom stereocenters. The summed E-state index contributed by atoms with van der Waals surface area (Å²) in [7, 11) is 1.24. The number of amides is 1. The molecule has 0 radical (unpaired) electrons. The first-order valence-electron chi connectivity index (χ1n) is 5.32. The van der Waals surface area contributed by atoms with Gasteiger partial charge in [0.05, 0.1) is 17.6 Å². The van der Waals surface area contributed by atoms with E-state index < -0.39 is 29.5 Å². The highest BCUT2D eigenvalue weighted by Gasteiger charge is 2.23. The topological polar surface area (TPSA) is 119 Å². The highest BCUT2D eigenvalue weighted by Crippen LogP contribution is 2.23. The number of hydrogen-bond donors (Lipinski definition) is 2. The molecule has 0 saturated heterocycles. The lowest BCUT2D eigenvalue weighted by molar-refractivity contribution is -0.384. The van der Waals surface area contributed by atoms with Crippen molar-refractivity contribution in [3.63, 3.8) is 0 Å². The minimum atomic E-state index is -1.73. The minimum absolute atomic E-state index is 0.0103. The van der Waals surface area contributed by atoms with E-state index >= 15 is 0 Å². The van der Waals surface area contributed by atoms with E-state index in [1.807, 2.05) is 5.32 Å². The van der Waals surface area contributed by atoms with Gasteiger partial charge in [0.15, 0.2) is 6.04 Å². The maximum absolute atomic E-state index is 12.4. The van der Waals surface area contributed by atoms with Gasteiger partial charge in [-0.2, -0.15) is 0 Å². The van der Waals surface area contributed by atoms with Crippen LogP contribution < -0.4 is 10.1 Å². The van der Waals surface area contributed by atoms with Crippen molar-refractivity contribution >= 4 is 17.6 Å². The Morgan fingerprint density at radius 2 is 2.20 bits per heavy atom. The fourth-order valence-electron chi connectivity index (χ4n) is 1.39. The lowest BCUT2D eigenvalue weighted by Crippen LogP contribution is -2.42. The standard InChI is InChI=1S/C11H11FN2O6/c1-20-9-3-2-6(14(18)19)4-7(9)10(15)13-8(5-12)11(16)17/h2-4,8H,5H2,1H3,(H,13,15)(H,16,17). The highest BCUT2D eigenvalue weighted by atomic mass is 19.1. The van der Waals surface area contributed by atoms with E-state index in [4.69, 9.17) is 9.84 Å².